The summed E-state index contributed by atoms with van der Waals surface area (Å²) >= 11 is 0. The van der Waals surface area contributed by atoms with Crippen LogP contribution in [-0.2, 0) is 10.8 Å². The minimum atomic E-state index is -0.466. The van der Waals surface area contributed by atoms with Crippen molar-refractivity contribution in [1.82, 2.24) is 0 Å². The Morgan fingerprint density at radius 3 is 1.26 bits per heavy atom. The third-order valence-corrected chi connectivity index (χ3v) is 11.7. The van der Waals surface area contributed by atoms with Gasteiger partial charge in [0.15, 0.2) is 0 Å². The molecule has 0 aliphatic heterocycles. The molecule has 10 rings (SSSR count). The highest BCUT2D eigenvalue weighted by atomic mass is 15.2. The van der Waals surface area contributed by atoms with Crippen LogP contribution in [0.2, 0.25) is 0 Å². The average molecular weight is 693 g/mol. The summed E-state index contributed by atoms with van der Waals surface area (Å²) in [4.78, 5) is 4.79. The topological polar surface area (TPSA) is 6.48 Å². The molecule has 8 aromatic rings. The zero-order valence-electron chi connectivity index (χ0n) is 30.5. The quantitative estimate of drug-likeness (QED) is 0.171. The van der Waals surface area contributed by atoms with Crippen molar-refractivity contribution in [3.63, 3.8) is 0 Å². The molecule has 0 fully saturated rings. The molecule has 2 aliphatic carbocycles. The molecule has 258 valence electrons. The number of rotatable bonds is 6. The monoisotopic (exact) mass is 692 g/mol. The predicted octanol–water partition coefficient (Wildman–Crippen LogP) is 13.6. The van der Waals surface area contributed by atoms with Gasteiger partial charge in [0.1, 0.15) is 0 Å². The summed E-state index contributed by atoms with van der Waals surface area (Å²) in [6.07, 6.45) is 0. The Kier molecular flexibility index (Phi) is 7.42. The standard InChI is InChI=1S/C52H40N2/c1-51(2)44-30-14-16-32-46(44)52(47-33-17-15-31-45(47)51)43-29-13-12-28-42(43)50-48(52)34-19-35-49(50)54(39-24-10-5-11-25-39)41-27-18-26-40(36-41)53(37-20-6-3-7-21-37)38-22-8-4-9-23-38/h3-36H,1-2H3. The SMILES string of the molecule is CC1(C)c2ccccc2C2(c3ccccc3-c3c(N(c4ccccc4)c4cccc(N(c5ccccc5)c5ccccc5)c4)cccc32)c2ccccc21. The summed E-state index contributed by atoms with van der Waals surface area (Å²) in [7, 11) is 0. The van der Waals surface area contributed by atoms with Gasteiger partial charge in [-0.25, -0.2) is 0 Å². The molecule has 2 nitrogen and oxygen atoms in total. The second-order valence-corrected chi connectivity index (χ2v) is 14.9. The fourth-order valence-electron chi connectivity index (χ4n) is 9.45. The van der Waals surface area contributed by atoms with Gasteiger partial charge < -0.3 is 9.80 Å². The zero-order valence-corrected chi connectivity index (χ0v) is 30.5. The van der Waals surface area contributed by atoms with Crippen LogP contribution in [0.25, 0.3) is 11.1 Å². The van der Waals surface area contributed by atoms with Crippen molar-refractivity contribution in [3.8, 4) is 11.1 Å². The van der Waals surface area contributed by atoms with Gasteiger partial charge in [-0.3, -0.25) is 0 Å². The van der Waals surface area contributed by atoms with Crippen molar-refractivity contribution in [1.29, 1.82) is 0 Å². The Morgan fingerprint density at radius 2 is 0.704 bits per heavy atom. The number of hydrogen-bond donors (Lipinski definition) is 0. The maximum atomic E-state index is 2.46. The number of anilines is 6. The Bertz CT molecular complexity index is 2550. The van der Waals surface area contributed by atoms with E-state index in [0.717, 1.165) is 34.1 Å². The van der Waals surface area contributed by atoms with E-state index in [2.05, 4.69) is 230 Å². The highest BCUT2D eigenvalue weighted by Crippen LogP contribution is 2.64. The van der Waals surface area contributed by atoms with Crippen molar-refractivity contribution >= 4 is 34.1 Å². The first-order valence-corrected chi connectivity index (χ1v) is 18.9. The van der Waals surface area contributed by atoms with Crippen LogP contribution < -0.4 is 9.80 Å². The maximum Gasteiger partial charge on any atom is 0.0720 e. The number of fused-ring (bicyclic) bond motifs is 9. The molecule has 0 radical (unpaired) electrons. The van der Waals surface area contributed by atoms with Crippen LogP contribution in [0.15, 0.2) is 206 Å². The molecule has 54 heavy (non-hydrogen) atoms. The molecule has 0 N–H and O–H groups in total. The van der Waals surface area contributed by atoms with Crippen LogP contribution in [0.4, 0.5) is 34.1 Å². The van der Waals surface area contributed by atoms with Gasteiger partial charge >= 0.3 is 0 Å². The van der Waals surface area contributed by atoms with Crippen LogP contribution in [-0.4, -0.2) is 0 Å². The van der Waals surface area contributed by atoms with E-state index in [1.165, 1.54) is 44.5 Å². The van der Waals surface area contributed by atoms with Crippen LogP contribution in [0.5, 0.6) is 0 Å². The third-order valence-electron chi connectivity index (χ3n) is 11.7. The second kappa shape index (κ2) is 12.5. The molecule has 0 bridgehead atoms. The summed E-state index contributed by atoms with van der Waals surface area (Å²) in [5.74, 6) is 0. The van der Waals surface area contributed by atoms with Crippen molar-refractivity contribution in [2.24, 2.45) is 0 Å². The lowest BCUT2D eigenvalue weighted by Gasteiger charge is -2.46. The number of benzene rings is 8. The normalized spacial score (nSPS) is 14.0. The average Bonchev–Trinajstić information content (AvgIpc) is 3.53. The molecule has 0 aromatic heterocycles. The Morgan fingerprint density at radius 1 is 0.315 bits per heavy atom. The van der Waals surface area contributed by atoms with E-state index in [0.29, 0.717) is 0 Å². The first kappa shape index (κ1) is 32.0. The highest BCUT2D eigenvalue weighted by molar-refractivity contribution is 5.98. The Balaban J connectivity index is 1.25. The maximum absolute atomic E-state index is 2.46. The molecule has 2 aliphatic rings. The molecule has 0 atom stereocenters. The molecule has 0 amide bonds. The summed E-state index contributed by atoms with van der Waals surface area (Å²) in [5, 5.41) is 0. The lowest BCUT2D eigenvalue weighted by molar-refractivity contribution is 0.563. The van der Waals surface area contributed by atoms with E-state index in [9.17, 15) is 0 Å². The van der Waals surface area contributed by atoms with E-state index < -0.39 is 5.41 Å². The van der Waals surface area contributed by atoms with Gasteiger partial charge in [-0.05, 0) is 99.6 Å². The molecule has 0 saturated carbocycles. The zero-order chi connectivity index (χ0) is 36.3. The lowest BCUT2D eigenvalue weighted by atomic mass is 9.55. The predicted molar refractivity (Wildman–Crippen MR) is 225 cm³/mol. The molecule has 2 heteroatoms. The van der Waals surface area contributed by atoms with Gasteiger partial charge in [-0.1, -0.05) is 159 Å². The summed E-state index contributed by atoms with van der Waals surface area (Å²) in [6.45, 7) is 4.77. The highest BCUT2D eigenvalue weighted by Gasteiger charge is 2.53. The van der Waals surface area contributed by atoms with Crippen molar-refractivity contribution in [3.05, 3.63) is 240 Å². The van der Waals surface area contributed by atoms with Gasteiger partial charge in [0, 0.05) is 39.4 Å². The lowest BCUT2D eigenvalue weighted by Crippen LogP contribution is -2.40. The first-order chi connectivity index (χ1) is 26.6. The Hall–Kier alpha value is -6.64. The largest absolute Gasteiger partial charge is 0.310 e. The van der Waals surface area contributed by atoms with Gasteiger partial charge in [0.05, 0.1) is 11.1 Å². The van der Waals surface area contributed by atoms with E-state index in [1.807, 2.05) is 0 Å². The molecule has 8 aromatic carbocycles. The minimum Gasteiger partial charge on any atom is -0.310 e. The van der Waals surface area contributed by atoms with Gasteiger partial charge in [-0.2, -0.15) is 0 Å². The third kappa shape index (κ3) is 4.66. The summed E-state index contributed by atoms with van der Waals surface area (Å²) < 4.78 is 0. The second-order valence-electron chi connectivity index (χ2n) is 14.9. The molecule has 1 spiro atoms. The molecular weight excluding hydrogens is 653 g/mol. The smallest absolute Gasteiger partial charge is 0.0720 e. The number of para-hydroxylation sites is 3. The van der Waals surface area contributed by atoms with E-state index >= 15 is 0 Å². The number of nitrogens with zero attached hydrogens (tertiary/aromatic N) is 2. The van der Waals surface area contributed by atoms with E-state index in [-0.39, 0.29) is 5.41 Å². The first-order valence-electron chi connectivity index (χ1n) is 18.9. The van der Waals surface area contributed by atoms with Gasteiger partial charge in [0.2, 0.25) is 0 Å². The minimum absolute atomic E-state index is 0.145. The van der Waals surface area contributed by atoms with Crippen molar-refractivity contribution in [2.45, 2.75) is 24.7 Å². The Labute approximate surface area is 318 Å². The molecule has 0 heterocycles. The fourth-order valence-corrected chi connectivity index (χ4v) is 9.45. The van der Waals surface area contributed by atoms with Crippen LogP contribution >= 0.6 is 0 Å². The molecule has 0 unspecified atom stereocenters. The van der Waals surface area contributed by atoms with Crippen LogP contribution in [0.3, 0.4) is 0 Å². The van der Waals surface area contributed by atoms with Crippen LogP contribution in [0.1, 0.15) is 47.2 Å². The van der Waals surface area contributed by atoms with E-state index in [4.69, 9.17) is 0 Å². The molecular formula is C52H40N2. The van der Waals surface area contributed by atoms with Crippen molar-refractivity contribution < 1.29 is 0 Å². The van der Waals surface area contributed by atoms with Crippen molar-refractivity contribution in [2.75, 3.05) is 9.80 Å². The number of hydrogen-bond acceptors (Lipinski definition) is 2. The molecule has 0 saturated heterocycles. The fraction of sp³-hybridized carbons (Fsp3) is 0.0769. The van der Waals surface area contributed by atoms with E-state index in [1.54, 1.807) is 0 Å². The van der Waals surface area contributed by atoms with Gasteiger partial charge in [-0.15, -0.1) is 0 Å². The summed E-state index contributed by atoms with van der Waals surface area (Å²) in [6, 6.07) is 75.5. The summed E-state index contributed by atoms with van der Waals surface area (Å²) in [5.41, 5.74) is 16.8. The van der Waals surface area contributed by atoms with Crippen LogP contribution in [0, 0.1) is 0 Å². The van der Waals surface area contributed by atoms with Gasteiger partial charge in [0.25, 0.3) is 0 Å².